The fraction of sp³-hybridized carbons (Fsp3) is 0.429. The van der Waals surface area contributed by atoms with Crippen LogP contribution in [0.2, 0.25) is 0 Å². The molecule has 0 aliphatic heterocycles. The number of carbonyl (C=O) groups excluding carboxylic acids is 1. The summed E-state index contributed by atoms with van der Waals surface area (Å²) in [6.45, 7) is 4.48. The first-order valence-electron chi connectivity index (χ1n) is 6.39. The number of nitriles is 1. The van der Waals surface area contributed by atoms with Gasteiger partial charge in [0.15, 0.2) is 0 Å². The highest BCUT2D eigenvalue weighted by Crippen LogP contribution is 2.19. The Morgan fingerprint density at radius 2 is 2.26 bits per heavy atom. The molecular formula is C14H20N4O. The SMILES string of the molecule is CCC(C)NC(=O)CCNc1cc(C#N)ccc1N. The first kappa shape index (κ1) is 14.8. The van der Waals surface area contributed by atoms with Crippen molar-refractivity contribution in [2.75, 3.05) is 17.6 Å². The first-order valence-corrected chi connectivity index (χ1v) is 6.39. The van der Waals surface area contributed by atoms with Gasteiger partial charge in [0.25, 0.3) is 0 Å². The van der Waals surface area contributed by atoms with Gasteiger partial charge in [-0.05, 0) is 31.5 Å². The Labute approximate surface area is 113 Å². The zero-order valence-corrected chi connectivity index (χ0v) is 11.4. The van der Waals surface area contributed by atoms with Crippen LogP contribution in [0.25, 0.3) is 0 Å². The van der Waals surface area contributed by atoms with Gasteiger partial charge < -0.3 is 16.4 Å². The lowest BCUT2D eigenvalue weighted by Crippen LogP contribution is -2.32. The molecule has 1 unspecified atom stereocenters. The Morgan fingerprint density at radius 3 is 2.89 bits per heavy atom. The molecule has 0 spiro atoms. The number of benzene rings is 1. The lowest BCUT2D eigenvalue weighted by atomic mass is 10.2. The molecule has 0 aliphatic rings. The van der Waals surface area contributed by atoms with E-state index in [4.69, 9.17) is 11.0 Å². The second kappa shape index (κ2) is 7.27. The van der Waals surface area contributed by atoms with Crippen LogP contribution < -0.4 is 16.4 Å². The van der Waals surface area contributed by atoms with Gasteiger partial charge in [-0.25, -0.2) is 0 Å². The van der Waals surface area contributed by atoms with E-state index in [2.05, 4.69) is 16.7 Å². The molecule has 102 valence electrons. The van der Waals surface area contributed by atoms with Gasteiger partial charge >= 0.3 is 0 Å². The van der Waals surface area contributed by atoms with Crippen LogP contribution in [0.4, 0.5) is 11.4 Å². The van der Waals surface area contributed by atoms with Gasteiger partial charge in [0.05, 0.1) is 23.0 Å². The van der Waals surface area contributed by atoms with E-state index in [1.807, 2.05) is 13.8 Å². The molecule has 0 bridgehead atoms. The molecule has 19 heavy (non-hydrogen) atoms. The molecule has 0 aliphatic carbocycles. The summed E-state index contributed by atoms with van der Waals surface area (Å²) in [5, 5.41) is 14.8. The summed E-state index contributed by atoms with van der Waals surface area (Å²) >= 11 is 0. The minimum absolute atomic E-state index is 0.0110. The number of carbonyl (C=O) groups is 1. The fourth-order valence-corrected chi connectivity index (χ4v) is 1.54. The van der Waals surface area contributed by atoms with Gasteiger partial charge in [-0.3, -0.25) is 4.79 Å². The van der Waals surface area contributed by atoms with Crippen LogP contribution in [-0.4, -0.2) is 18.5 Å². The molecule has 1 atom stereocenters. The van der Waals surface area contributed by atoms with E-state index in [-0.39, 0.29) is 11.9 Å². The molecule has 1 aromatic carbocycles. The lowest BCUT2D eigenvalue weighted by molar-refractivity contribution is -0.121. The second-order valence-electron chi connectivity index (χ2n) is 4.47. The molecule has 0 saturated heterocycles. The molecule has 0 saturated carbocycles. The quantitative estimate of drug-likeness (QED) is 0.681. The van der Waals surface area contributed by atoms with Crippen molar-refractivity contribution >= 4 is 17.3 Å². The number of amides is 1. The normalized spacial score (nSPS) is 11.4. The van der Waals surface area contributed by atoms with Crippen molar-refractivity contribution in [3.63, 3.8) is 0 Å². The summed E-state index contributed by atoms with van der Waals surface area (Å²) in [4.78, 5) is 11.6. The van der Waals surface area contributed by atoms with Gasteiger partial charge in [-0.2, -0.15) is 5.26 Å². The zero-order chi connectivity index (χ0) is 14.3. The van der Waals surface area contributed by atoms with E-state index >= 15 is 0 Å². The highest BCUT2D eigenvalue weighted by molar-refractivity contribution is 5.77. The number of anilines is 2. The summed E-state index contributed by atoms with van der Waals surface area (Å²) in [6, 6.07) is 7.27. The predicted molar refractivity (Wildman–Crippen MR) is 76.6 cm³/mol. The minimum Gasteiger partial charge on any atom is -0.397 e. The van der Waals surface area contributed by atoms with E-state index in [0.717, 1.165) is 6.42 Å². The van der Waals surface area contributed by atoms with Crippen molar-refractivity contribution in [1.82, 2.24) is 5.32 Å². The second-order valence-corrected chi connectivity index (χ2v) is 4.47. The third kappa shape index (κ3) is 4.88. The molecule has 5 heteroatoms. The van der Waals surface area contributed by atoms with Gasteiger partial charge in [-0.1, -0.05) is 6.92 Å². The average molecular weight is 260 g/mol. The number of nitrogens with one attached hydrogen (secondary N) is 2. The smallest absolute Gasteiger partial charge is 0.221 e. The van der Waals surface area contributed by atoms with Crippen molar-refractivity contribution in [2.45, 2.75) is 32.7 Å². The van der Waals surface area contributed by atoms with E-state index in [0.29, 0.717) is 29.9 Å². The van der Waals surface area contributed by atoms with E-state index in [1.54, 1.807) is 18.2 Å². The summed E-state index contributed by atoms with van der Waals surface area (Å²) in [6.07, 6.45) is 1.29. The highest BCUT2D eigenvalue weighted by Gasteiger charge is 2.06. The van der Waals surface area contributed by atoms with E-state index in [1.165, 1.54) is 0 Å². The van der Waals surface area contributed by atoms with E-state index in [9.17, 15) is 4.79 Å². The molecular weight excluding hydrogens is 240 g/mol. The molecule has 0 fully saturated rings. The molecule has 0 radical (unpaired) electrons. The van der Waals surface area contributed by atoms with Gasteiger partial charge in [-0.15, -0.1) is 0 Å². The van der Waals surface area contributed by atoms with Crippen LogP contribution in [0.3, 0.4) is 0 Å². The molecule has 4 N–H and O–H groups in total. The molecule has 5 nitrogen and oxygen atoms in total. The van der Waals surface area contributed by atoms with Crippen LogP contribution in [0.1, 0.15) is 32.3 Å². The van der Waals surface area contributed by atoms with Crippen LogP contribution >= 0.6 is 0 Å². The predicted octanol–water partition coefficient (Wildman–Crippen LogP) is 1.86. The number of nitrogens with two attached hydrogens (primary N) is 1. The summed E-state index contributed by atoms with van der Waals surface area (Å²) in [5.41, 5.74) is 7.59. The Hall–Kier alpha value is -2.22. The van der Waals surface area contributed by atoms with Crippen LogP contribution in [0.15, 0.2) is 18.2 Å². The Balaban J connectivity index is 2.45. The Kier molecular flexibility index (Phi) is 5.68. The third-order valence-electron chi connectivity index (χ3n) is 2.87. The number of rotatable bonds is 6. The zero-order valence-electron chi connectivity index (χ0n) is 11.4. The van der Waals surface area contributed by atoms with Crippen molar-refractivity contribution in [1.29, 1.82) is 5.26 Å². The largest absolute Gasteiger partial charge is 0.397 e. The number of nitrogens with zero attached hydrogens (tertiary/aromatic N) is 1. The number of nitrogen functional groups attached to an aromatic ring is 1. The summed E-state index contributed by atoms with van der Waals surface area (Å²) in [7, 11) is 0. The monoisotopic (exact) mass is 260 g/mol. The average Bonchev–Trinajstić information content (AvgIpc) is 2.40. The highest BCUT2D eigenvalue weighted by atomic mass is 16.1. The molecule has 0 aromatic heterocycles. The molecule has 1 amide bonds. The standard InChI is InChI=1S/C14H20N4O/c1-3-10(2)18-14(19)6-7-17-13-8-11(9-15)4-5-12(13)16/h4-5,8,10,17H,3,6-7,16H2,1-2H3,(H,18,19). The first-order chi connectivity index (χ1) is 9.06. The molecule has 0 heterocycles. The topological polar surface area (TPSA) is 90.9 Å². The molecule has 1 aromatic rings. The van der Waals surface area contributed by atoms with Crippen molar-refractivity contribution in [2.24, 2.45) is 0 Å². The van der Waals surface area contributed by atoms with Gasteiger partial charge in [0, 0.05) is 19.0 Å². The van der Waals surface area contributed by atoms with Crippen LogP contribution in [0.5, 0.6) is 0 Å². The number of hydrogen-bond acceptors (Lipinski definition) is 4. The van der Waals surface area contributed by atoms with Gasteiger partial charge in [0.2, 0.25) is 5.91 Å². The maximum Gasteiger partial charge on any atom is 0.221 e. The van der Waals surface area contributed by atoms with Crippen molar-refractivity contribution in [3.8, 4) is 6.07 Å². The fourth-order valence-electron chi connectivity index (χ4n) is 1.54. The number of hydrogen-bond donors (Lipinski definition) is 3. The lowest BCUT2D eigenvalue weighted by Gasteiger charge is -2.12. The molecule has 1 rings (SSSR count). The minimum atomic E-state index is 0.0110. The maximum atomic E-state index is 11.6. The summed E-state index contributed by atoms with van der Waals surface area (Å²) < 4.78 is 0. The van der Waals surface area contributed by atoms with Crippen molar-refractivity contribution in [3.05, 3.63) is 23.8 Å². The van der Waals surface area contributed by atoms with Crippen LogP contribution in [0, 0.1) is 11.3 Å². The maximum absolute atomic E-state index is 11.6. The van der Waals surface area contributed by atoms with Crippen molar-refractivity contribution < 1.29 is 4.79 Å². The van der Waals surface area contributed by atoms with Gasteiger partial charge in [0.1, 0.15) is 0 Å². The third-order valence-corrected chi connectivity index (χ3v) is 2.87. The summed E-state index contributed by atoms with van der Waals surface area (Å²) in [5.74, 6) is 0.0110. The van der Waals surface area contributed by atoms with E-state index < -0.39 is 0 Å². The van der Waals surface area contributed by atoms with Crippen LogP contribution in [-0.2, 0) is 4.79 Å². The Morgan fingerprint density at radius 1 is 1.53 bits per heavy atom. The Bertz CT molecular complexity index is 479.